The maximum atomic E-state index is 13.5. The van der Waals surface area contributed by atoms with E-state index < -0.39 is 11.5 Å². The number of ether oxygens (including phenoxy) is 4. The zero-order valence-corrected chi connectivity index (χ0v) is 24.6. The first-order chi connectivity index (χ1) is 18.2. The minimum absolute atomic E-state index is 0.0516. The Morgan fingerprint density at radius 3 is 2.00 bits per heavy atom. The van der Waals surface area contributed by atoms with Crippen LogP contribution in [-0.2, 0) is 0 Å². The van der Waals surface area contributed by atoms with Crippen LogP contribution in [0.5, 0.6) is 23.0 Å². The Morgan fingerprint density at radius 2 is 1.45 bits per heavy atom. The number of halogens is 2. The van der Waals surface area contributed by atoms with E-state index >= 15 is 0 Å². The molecule has 194 valence electrons. The quantitative estimate of drug-likeness (QED) is 0.426. The molecular formula is C26H20Br2N4O5S. The smallest absolute Gasteiger partial charge is 0.274 e. The van der Waals surface area contributed by atoms with Gasteiger partial charge in [0.2, 0.25) is 0 Å². The molecule has 9 nitrogen and oxygen atoms in total. The summed E-state index contributed by atoms with van der Waals surface area (Å²) in [6, 6.07) is 11.1. The second-order valence-corrected chi connectivity index (χ2v) is 10.6. The van der Waals surface area contributed by atoms with Crippen molar-refractivity contribution < 1.29 is 18.9 Å². The van der Waals surface area contributed by atoms with E-state index in [2.05, 4.69) is 44.0 Å². The molecule has 12 heteroatoms. The average molecular weight is 660 g/mol. The first-order valence-electron chi connectivity index (χ1n) is 10.8. The Bertz CT molecular complexity index is 1760. The van der Waals surface area contributed by atoms with Crippen LogP contribution in [0.3, 0.4) is 0 Å². The number of fused-ring (bicyclic) bond motifs is 1. The summed E-state index contributed by atoms with van der Waals surface area (Å²) in [5, 5.41) is 20.4. The maximum Gasteiger partial charge on any atom is 0.274 e. The van der Waals surface area contributed by atoms with Crippen molar-refractivity contribution in [1.82, 2.24) is 4.57 Å². The van der Waals surface area contributed by atoms with Crippen LogP contribution < -0.4 is 39.4 Å². The number of aromatic nitrogens is 1. The fourth-order valence-electron chi connectivity index (χ4n) is 4.21. The SMILES string of the molecule is COc1cc(OC)c(/C=c2/sc3n(c2=O)C(N)=C(C#N)[C@@H](c2cc(Br)c(OC)cc2OC)C=3C#N)cc1Br. The molecule has 0 unspecified atom stereocenters. The Labute approximate surface area is 238 Å². The molecule has 0 aliphatic carbocycles. The van der Waals surface area contributed by atoms with Gasteiger partial charge in [-0.15, -0.1) is 11.3 Å². The molecule has 2 aromatic carbocycles. The lowest BCUT2D eigenvalue weighted by atomic mass is 9.84. The predicted octanol–water partition coefficient (Wildman–Crippen LogP) is 3.42. The van der Waals surface area contributed by atoms with Crippen LogP contribution in [0.25, 0.3) is 17.5 Å². The highest BCUT2D eigenvalue weighted by Crippen LogP contribution is 2.44. The van der Waals surface area contributed by atoms with Crippen molar-refractivity contribution in [3.63, 3.8) is 0 Å². The number of thiazole rings is 1. The number of allylic oxidation sites excluding steroid dienone is 1. The van der Waals surface area contributed by atoms with Crippen LogP contribution in [0.1, 0.15) is 17.0 Å². The van der Waals surface area contributed by atoms with Crippen LogP contribution in [0.2, 0.25) is 0 Å². The normalized spacial score (nSPS) is 15.0. The van der Waals surface area contributed by atoms with Crippen LogP contribution in [0.15, 0.2) is 43.6 Å². The summed E-state index contributed by atoms with van der Waals surface area (Å²) in [7, 11) is 6.05. The minimum Gasteiger partial charge on any atom is -0.496 e. The lowest BCUT2D eigenvalue weighted by Gasteiger charge is -2.24. The van der Waals surface area contributed by atoms with Crippen LogP contribution in [0, 0.1) is 22.7 Å². The van der Waals surface area contributed by atoms with Gasteiger partial charge in [-0.2, -0.15) is 10.5 Å². The average Bonchev–Trinajstić information content (AvgIpc) is 3.24. The number of benzene rings is 2. The molecule has 38 heavy (non-hydrogen) atoms. The molecule has 1 atom stereocenters. The summed E-state index contributed by atoms with van der Waals surface area (Å²) >= 11 is 8.02. The van der Waals surface area contributed by atoms with E-state index in [4.69, 9.17) is 24.7 Å². The van der Waals surface area contributed by atoms with Gasteiger partial charge in [0.15, 0.2) is 0 Å². The van der Waals surface area contributed by atoms with E-state index in [1.54, 1.807) is 30.3 Å². The Hall–Kier alpha value is -3.71. The summed E-state index contributed by atoms with van der Waals surface area (Å²) in [6.45, 7) is 0. The second-order valence-electron chi connectivity index (χ2n) is 7.88. The molecule has 2 N–H and O–H groups in total. The van der Waals surface area contributed by atoms with Crippen molar-refractivity contribution in [2.24, 2.45) is 5.73 Å². The van der Waals surface area contributed by atoms with Crippen molar-refractivity contribution in [2.75, 3.05) is 28.4 Å². The zero-order chi connectivity index (χ0) is 27.7. The summed E-state index contributed by atoms with van der Waals surface area (Å²) in [5.41, 5.74) is 7.34. The van der Waals surface area contributed by atoms with Crippen LogP contribution in [0.4, 0.5) is 0 Å². The Balaban J connectivity index is 2.07. The Kier molecular flexibility index (Phi) is 7.88. The zero-order valence-electron chi connectivity index (χ0n) is 20.6. The van der Waals surface area contributed by atoms with Gasteiger partial charge < -0.3 is 24.7 Å². The number of rotatable bonds is 6. The third kappa shape index (κ3) is 4.45. The van der Waals surface area contributed by atoms with Gasteiger partial charge in [0, 0.05) is 23.3 Å². The van der Waals surface area contributed by atoms with Crippen LogP contribution in [-0.4, -0.2) is 33.0 Å². The number of nitriles is 2. The van der Waals surface area contributed by atoms with E-state index in [0.717, 1.165) is 11.3 Å². The Morgan fingerprint density at radius 1 is 0.895 bits per heavy atom. The molecule has 0 saturated heterocycles. The molecule has 0 bridgehead atoms. The molecule has 1 aliphatic heterocycles. The van der Waals surface area contributed by atoms with Crippen molar-refractivity contribution in [3.8, 4) is 35.1 Å². The third-order valence-electron chi connectivity index (χ3n) is 6.00. The summed E-state index contributed by atoms with van der Waals surface area (Å²) in [5.74, 6) is 1.05. The first-order valence-corrected chi connectivity index (χ1v) is 13.3. The lowest BCUT2D eigenvalue weighted by Crippen LogP contribution is -2.38. The predicted molar refractivity (Wildman–Crippen MR) is 151 cm³/mol. The van der Waals surface area contributed by atoms with Crippen molar-refractivity contribution >= 4 is 60.7 Å². The molecule has 0 radical (unpaired) electrons. The van der Waals surface area contributed by atoms with Gasteiger partial charge in [-0.3, -0.25) is 9.36 Å². The molecular weight excluding hydrogens is 640 g/mol. The molecule has 3 aromatic rings. The van der Waals surface area contributed by atoms with E-state index in [1.807, 2.05) is 0 Å². The van der Waals surface area contributed by atoms with E-state index in [0.29, 0.717) is 52.3 Å². The fourth-order valence-corrected chi connectivity index (χ4v) is 6.37. The number of nitrogens with two attached hydrogens (primary N) is 1. The lowest BCUT2D eigenvalue weighted by molar-refractivity contribution is 0.389. The highest BCUT2D eigenvalue weighted by Gasteiger charge is 2.34. The van der Waals surface area contributed by atoms with Gasteiger partial charge in [0.1, 0.15) is 33.5 Å². The molecule has 1 aliphatic rings. The highest BCUT2D eigenvalue weighted by atomic mass is 79.9. The number of hydrogen-bond donors (Lipinski definition) is 1. The van der Waals surface area contributed by atoms with Gasteiger partial charge in [-0.25, -0.2) is 0 Å². The van der Waals surface area contributed by atoms with E-state index in [9.17, 15) is 15.3 Å². The molecule has 4 rings (SSSR count). The van der Waals surface area contributed by atoms with Gasteiger partial charge in [-0.05, 0) is 50.1 Å². The molecule has 0 amide bonds. The van der Waals surface area contributed by atoms with E-state index in [-0.39, 0.29) is 17.0 Å². The second kappa shape index (κ2) is 11.0. The monoisotopic (exact) mass is 658 g/mol. The molecule has 1 aromatic heterocycles. The summed E-state index contributed by atoms with van der Waals surface area (Å²) in [6.07, 6.45) is 1.65. The van der Waals surface area contributed by atoms with Crippen molar-refractivity contribution in [3.05, 3.63) is 69.5 Å². The maximum absolute atomic E-state index is 13.5. The number of hydrogen-bond acceptors (Lipinski definition) is 9. The van der Waals surface area contributed by atoms with Gasteiger partial charge >= 0.3 is 0 Å². The minimum atomic E-state index is -0.863. The largest absolute Gasteiger partial charge is 0.496 e. The highest BCUT2D eigenvalue weighted by molar-refractivity contribution is 9.10. The van der Waals surface area contributed by atoms with Gasteiger partial charge in [0.05, 0.1) is 71.1 Å². The van der Waals surface area contributed by atoms with Crippen LogP contribution >= 0.6 is 43.2 Å². The molecule has 0 saturated carbocycles. The topological polar surface area (TPSA) is 133 Å². The fraction of sp³-hybridized carbons (Fsp3) is 0.192. The first kappa shape index (κ1) is 27.3. The summed E-state index contributed by atoms with van der Waals surface area (Å²) in [4.78, 5) is 13.5. The van der Waals surface area contributed by atoms with Gasteiger partial charge in [-0.1, -0.05) is 0 Å². The third-order valence-corrected chi connectivity index (χ3v) is 8.34. The van der Waals surface area contributed by atoms with Crippen molar-refractivity contribution in [1.29, 1.82) is 10.5 Å². The molecule has 2 heterocycles. The van der Waals surface area contributed by atoms with Gasteiger partial charge in [0.25, 0.3) is 5.56 Å². The van der Waals surface area contributed by atoms with E-state index in [1.165, 1.54) is 33.0 Å². The van der Waals surface area contributed by atoms with Crippen molar-refractivity contribution in [2.45, 2.75) is 5.92 Å². The number of nitrogens with zero attached hydrogens (tertiary/aromatic N) is 3. The summed E-state index contributed by atoms with van der Waals surface area (Å²) < 4.78 is 24.8. The number of methoxy groups -OCH3 is 4. The standard InChI is InChI=1S/C26H20Br2N4O5S/c1-34-18-8-20(36-3)16(27)5-12(18)6-22-25(33)32-24(31)14(10-29)23(15(11-30)26(32)38-22)13-7-17(28)21(37-4)9-19(13)35-2/h5-9,23H,31H2,1-4H3/b22-6+/t23-/m1/s1. The molecule has 0 fully saturated rings. The molecule has 0 spiro atoms.